The van der Waals surface area contributed by atoms with Crippen LogP contribution in [0.1, 0.15) is 12.0 Å². The first-order chi connectivity index (χ1) is 14.4. The summed E-state index contributed by atoms with van der Waals surface area (Å²) >= 11 is 0. The molecule has 1 aliphatic heterocycles. The fourth-order valence-electron chi connectivity index (χ4n) is 3.14. The van der Waals surface area contributed by atoms with Gasteiger partial charge in [-0.15, -0.1) is 0 Å². The minimum atomic E-state index is -0.710. The molecule has 1 fully saturated rings. The van der Waals surface area contributed by atoms with Crippen molar-refractivity contribution in [3.05, 3.63) is 58.1 Å². The van der Waals surface area contributed by atoms with Crippen molar-refractivity contribution in [3.8, 4) is 11.5 Å². The van der Waals surface area contributed by atoms with Crippen molar-refractivity contribution in [1.82, 2.24) is 10.3 Å². The first kappa shape index (κ1) is 21.1. The number of carbonyl (C=O) groups excluding carboxylic acids is 2. The van der Waals surface area contributed by atoms with Crippen LogP contribution in [-0.4, -0.2) is 48.4 Å². The lowest BCUT2D eigenvalue weighted by atomic mass is 10.1. The number of imide groups is 1. The number of benzene rings is 2. The van der Waals surface area contributed by atoms with E-state index in [0.717, 1.165) is 5.56 Å². The fraction of sp³-hybridized carbons (Fsp3) is 0.300. The summed E-state index contributed by atoms with van der Waals surface area (Å²) < 4.78 is 10.5. The number of non-ortho nitro benzene ring substituents is 1. The molecule has 0 spiro atoms. The van der Waals surface area contributed by atoms with Crippen molar-refractivity contribution in [2.75, 3.05) is 26.2 Å². The first-order valence-corrected chi connectivity index (χ1v) is 9.24. The van der Waals surface area contributed by atoms with Gasteiger partial charge >= 0.3 is 0 Å². The van der Waals surface area contributed by atoms with Gasteiger partial charge in [-0.1, -0.05) is 6.07 Å². The van der Waals surface area contributed by atoms with Crippen LogP contribution in [0.4, 0.5) is 11.4 Å². The van der Waals surface area contributed by atoms with Crippen molar-refractivity contribution in [2.45, 2.75) is 18.9 Å². The Kier molecular flexibility index (Phi) is 6.48. The average molecular weight is 414 g/mol. The molecule has 1 heterocycles. The number of hydrogen-bond donors (Lipinski definition) is 2. The van der Waals surface area contributed by atoms with Crippen molar-refractivity contribution in [3.63, 3.8) is 0 Å². The van der Waals surface area contributed by atoms with Gasteiger partial charge in [-0.05, 0) is 36.2 Å². The summed E-state index contributed by atoms with van der Waals surface area (Å²) in [5.74, 6) is 0.607. The van der Waals surface area contributed by atoms with Crippen molar-refractivity contribution >= 4 is 23.2 Å². The molecule has 3 rings (SSSR count). The highest BCUT2D eigenvalue weighted by molar-refractivity contribution is 6.05. The van der Waals surface area contributed by atoms with Gasteiger partial charge in [0.15, 0.2) is 11.5 Å². The SMILES string of the molecule is COc1ccc(CCN2C(=O)C[C@H](NNc3ccc([N+](=O)[O-])cc3)C2=O)cc1OC. The summed E-state index contributed by atoms with van der Waals surface area (Å²) in [4.78, 5) is 36.3. The van der Waals surface area contributed by atoms with E-state index in [1.165, 1.54) is 29.2 Å². The Hall–Kier alpha value is -3.66. The van der Waals surface area contributed by atoms with Crippen LogP contribution in [-0.2, 0) is 16.0 Å². The topological polar surface area (TPSA) is 123 Å². The minimum absolute atomic E-state index is 0.0325. The molecule has 0 aliphatic carbocycles. The third-order valence-corrected chi connectivity index (χ3v) is 4.78. The number of methoxy groups -OCH3 is 2. The zero-order valence-corrected chi connectivity index (χ0v) is 16.6. The molecule has 0 radical (unpaired) electrons. The van der Waals surface area contributed by atoms with Crippen molar-refractivity contribution < 1.29 is 24.0 Å². The lowest BCUT2D eigenvalue weighted by molar-refractivity contribution is -0.384. The molecule has 10 nitrogen and oxygen atoms in total. The predicted octanol–water partition coefficient (Wildman–Crippen LogP) is 1.90. The van der Waals surface area contributed by atoms with Gasteiger partial charge in [0.1, 0.15) is 6.04 Å². The number of anilines is 1. The van der Waals surface area contributed by atoms with Crippen molar-refractivity contribution in [2.24, 2.45) is 0 Å². The van der Waals surface area contributed by atoms with Gasteiger partial charge in [-0.2, -0.15) is 0 Å². The van der Waals surface area contributed by atoms with Crippen LogP contribution in [0.25, 0.3) is 0 Å². The zero-order valence-electron chi connectivity index (χ0n) is 16.6. The second-order valence-electron chi connectivity index (χ2n) is 6.65. The normalized spacial score (nSPS) is 15.9. The summed E-state index contributed by atoms with van der Waals surface area (Å²) in [6.07, 6.45) is 0.519. The Balaban J connectivity index is 1.56. The average Bonchev–Trinajstić information content (AvgIpc) is 3.03. The van der Waals surface area contributed by atoms with E-state index in [-0.39, 0.29) is 30.5 Å². The lowest BCUT2D eigenvalue weighted by Gasteiger charge is -2.17. The Morgan fingerprint density at radius 2 is 1.80 bits per heavy atom. The molecule has 1 saturated heterocycles. The number of ether oxygens (including phenoxy) is 2. The van der Waals surface area contributed by atoms with E-state index in [0.29, 0.717) is 23.6 Å². The molecule has 0 bridgehead atoms. The van der Waals surface area contributed by atoms with Gasteiger partial charge < -0.3 is 14.9 Å². The van der Waals surface area contributed by atoms with Crippen LogP contribution in [0.3, 0.4) is 0 Å². The van der Waals surface area contributed by atoms with E-state index in [4.69, 9.17) is 9.47 Å². The predicted molar refractivity (Wildman–Crippen MR) is 108 cm³/mol. The molecule has 30 heavy (non-hydrogen) atoms. The van der Waals surface area contributed by atoms with Crippen molar-refractivity contribution in [1.29, 1.82) is 0 Å². The number of rotatable bonds is 9. The summed E-state index contributed by atoms with van der Waals surface area (Å²) in [7, 11) is 3.10. The molecule has 10 heteroatoms. The monoisotopic (exact) mass is 414 g/mol. The molecule has 0 saturated carbocycles. The van der Waals surface area contributed by atoms with Crippen LogP contribution in [0.2, 0.25) is 0 Å². The quantitative estimate of drug-likeness (QED) is 0.362. The van der Waals surface area contributed by atoms with Crippen LogP contribution >= 0.6 is 0 Å². The number of nitrogens with one attached hydrogen (secondary N) is 2. The van der Waals surface area contributed by atoms with Gasteiger partial charge in [0, 0.05) is 24.4 Å². The van der Waals surface area contributed by atoms with E-state index in [9.17, 15) is 19.7 Å². The molecule has 2 amide bonds. The molecular formula is C20H22N4O6. The molecule has 2 N–H and O–H groups in total. The molecule has 2 aromatic carbocycles. The molecule has 0 unspecified atom stereocenters. The number of hydrogen-bond acceptors (Lipinski definition) is 8. The van der Waals surface area contributed by atoms with Crippen LogP contribution < -0.4 is 20.3 Å². The largest absolute Gasteiger partial charge is 0.493 e. The maximum atomic E-state index is 12.6. The molecule has 2 aromatic rings. The highest BCUT2D eigenvalue weighted by Gasteiger charge is 2.38. The van der Waals surface area contributed by atoms with E-state index in [1.54, 1.807) is 20.3 Å². The lowest BCUT2D eigenvalue weighted by Crippen LogP contribution is -2.41. The summed E-state index contributed by atoms with van der Waals surface area (Å²) in [6, 6.07) is 10.5. The zero-order chi connectivity index (χ0) is 21.7. The highest BCUT2D eigenvalue weighted by Crippen LogP contribution is 2.28. The number of hydrazine groups is 1. The molecular weight excluding hydrogens is 392 g/mol. The Morgan fingerprint density at radius 3 is 2.43 bits per heavy atom. The van der Waals surface area contributed by atoms with Crippen LogP contribution in [0, 0.1) is 10.1 Å². The van der Waals surface area contributed by atoms with Gasteiger partial charge in [-0.3, -0.25) is 24.6 Å². The third-order valence-electron chi connectivity index (χ3n) is 4.78. The number of amides is 2. The van der Waals surface area contributed by atoms with E-state index in [2.05, 4.69) is 10.9 Å². The summed E-state index contributed by atoms with van der Waals surface area (Å²) in [5, 5.41) is 10.7. The molecule has 0 aromatic heterocycles. The standard InChI is InChI=1S/C20H22N4O6/c1-29-17-8-3-13(11-18(17)30-2)9-10-23-19(25)12-16(20(23)26)22-21-14-4-6-15(7-5-14)24(27)28/h3-8,11,16,21-22H,9-10,12H2,1-2H3/t16-/m0/s1. The first-order valence-electron chi connectivity index (χ1n) is 9.24. The van der Waals surface area contributed by atoms with Gasteiger partial charge in [0.05, 0.1) is 25.6 Å². The highest BCUT2D eigenvalue weighted by atomic mass is 16.6. The number of likely N-dealkylation sites (tertiary alicyclic amines) is 1. The number of nitro benzene ring substituents is 1. The number of nitrogens with zero attached hydrogens (tertiary/aromatic N) is 2. The number of nitro groups is 1. The summed E-state index contributed by atoms with van der Waals surface area (Å²) in [5.41, 5.74) is 7.07. The number of carbonyl (C=O) groups is 2. The van der Waals surface area contributed by atoms with Crippen LogP contribution in [0.5, 0.6) is 11.5 Å². The fourth-order valence-corrected chi connectivity index (χ4v) is 3.14. The van der Waals surface area contributed by atoms with E-state index >= 15 is 0 Å². The van der Waals surface area contributed by atoms with E-state index < -0.39 is 11.0 Å². The second kappa shape index (κ2) is 9.23. The Labute approximate surface area is 172 Å². The summed E-state index contributed by atoms with van der Waals surface area (Å²) in [6.45, 7) is 0.253. The Morgan fingerprint density at radius 1 is 1.10 bits per heavy atom. The Bertz CT molecular complexity index is 947. The minimum Gasteiger partial charge on any atom is -0.493 e. The van der Waals surface area contributed by atoms with Gasteiger partial charge in [-0.25, -0.2) is 5.43 Å². The van der Waals surface area contributed by atoms with E-state index in [1.807, 2.05) is 12.1 Å². The van der Waals surface area contributed by atoms with Gasteiger partial charge in [0.25, 0.3) is 5.69 Å². The van der Waals surface area contributed by atoms with Gasteiger partial charge in [0.2, 0.25) is 11.8 Å². The maximum absolute atomic E-state index is 12.6. The molecule has 1 aliphatic rings. The smallest absolute Gasteiger partial charge is 0.269 e. The van der Waals surface area contributed by atoms with Crippen LogP contribution in [0.15, 0.2) is 42.5 Å². The molecule has 158 valence electrons. The third kappa shape index (κ3) is 4.66. The second-order valence-corrected chi connectivity index (χ2v) is 6.65. The maximum Gasteiger partial charge on any atom is 0.269 e. The molecule has 1 atom stereocenters.